The molecule has 1 spiro atoms. The largest absolute Gasteiger partial charge is 0.453 e. The summed E-state index contributed by atoms with van der Waals surface area (Å²) in [6, 6.07) is 17.2. The SMILES string of the molecule is COC(=O)N1CCC(NC(=O)c2ccc(CN3CC4(CCN(Cc5ccc(C#N)cc5)CC4)OC3=O)cc2)CC1. The molecule has 0 aliphatic carbocycles. The van der Waals surface area contributed by atoms with E-state index in [1.807, 2.05) is 36.4 Å². The van der Waals surface area contributed by atoms with Crippen molar-refractivity contribution in [3.63, 3.8) is 0 Å². The van der Waals surface area contributed by atoms with E-state index in [0.717, 1.165) is 38.0 Å². The minimum absolute atomic E-state index is 0.0131. The van der Waals surface area contributed by atoms with Gasteiger partial charge in [-0.1, -0.05) is 24.3 Å². The number of carbonyl (C=O) groups is 3. The molecule has 3 fully saturated rings. The number of nitrogens with one attached hydrogen (secondary N) is 1. The molecule has 2 aromatic carbocycles. The molecule has 5 rings (SSSR count). The Hall–Kier alpha value is -4.10. The Balaban J connectivity index is 1.08. The van der Waals surface area contributed by atoms with Crippen LogP contribution < -0.4 is 5.32 Å². The highest BCUT2D eigenvalue weighted by molar-refractivity contribution is 5.94. The topological polar surface area (TPSA) is 115 Å². The van der Waals surface area contributed by atoms with Crippen LogP contribution in [0.5, 0.6) is 0 Å². The first-order valence-corrected chi connectivity index (χ1v) is 13.8. The van der Waals surface area contributed by atoms with Gasteiger partial charge in [0, 0.05) is 63.7 Å². The second kappa shape index (κ2) is 12.0. The average Bonchev–Trinajstić information content (AvgIpc) is 3.28. The number of benzene rings is 2. The van der Waals surface area contributed by atoms with Crippen molar-refractivity contribution in [1.82, 2.24) is 20.0 Å². The van der Waals surface area contributed by atoms with Crippen LogP contribution in [0.2, 0.25) is 0 Å². The molecule has 3 aliphatic rings. The third-order valence-corrected chi connectivity index (χ3v) is 8.15. The fraction of sp³-hybridized carbons (Fsp3) is 0.467. The van der Waals surface area contributed by atoms with Gasteiger partial charge < -0.3 is 19.7 Å². The molecule has 210 valence electrons. The zero-order chi connectivity index (χ0) is 28.1. The minimum Gasteiger partial charge on any atom is -0.453 e. The third-order valence-electron chi connectivity index (χ3n) is 8.15. The quantitative estimate of drug-likeness (QED) is 0.591. The molecule has 0 atom stereocenters. The highest BCUT2D eigenvalue weighted by Gasteiger charge is 2.46. The summed E-state index contributed by atoms with van der Waals surface area (Å²) in [6.45, 7) is 4.59. The van der Waals surface area contributed by atoms with E-state index in [1.165, 1.54) is 12.7 Å². The van der Waals surface area contributed by atoms with Crippen molar-refractivity contribution in [2.24, 2.45) is 0 Å². The van der Waals surface area contributed by atoms with Gasteiger partial charge in [-0.05, 0) is 48.2 Å². The molecule has 3 amide bonds. The van der Waals surface area contributed by atoms with Gasteiger partial charge in [0.25, 0.3) is 5.91 Å². The number of nitriles is 1. The van der Waals surface area contributed by atoms with E-state index in [4.69, 9.17) is 14.7 Å². The Morgan fingerprint density at radius 1 is 1.00 bits per heavy atom. The molecule has 0 unspecified atom stereocenters. The van der Waals surface area contributed by atoms with Gasteiger partial charge in [0.05, 0.1) is 25.3 Å². The first-order valence-electron chi connectivity index (χ1n) is 13.8. The highest BCUT2D eigenvalue weighted by Crippen LogP contribution is 2.34. The molecule has 3 saturated heterocycles. The molecular formula is C30H35N5O5. The van der Waals surface area contributed by atoms with Gasteiger partial charge in [0.2, 0.25) is 0 Å². The average molecular weight is 546 g/mol. The van der Waals surface area contributed by atoms with Gasteiger partial charge in [0.15, 0.2) is 0 Å². The van der Waals surface area contributed by atoms with Gasteiger partial charge in [-0.3, -0.25) is 14.6 Å². The van der Waals surface area contributed by atoms with Crippen LogP contribution in [0.4, 0.5) is 9.59 Å². The fourth-order valence-corrected chi connectivity index (χ4v) is 5.72. The Labute approximate surface area is 234 Å². The molecule has 1 N–H and O–H groups in total. The van der Waals surface area contributed by atoms with Crippen LogP contribution in [0.3, 0.4) is 0 Å². The number of carbonyl (C=O) groups excluding carboxylic acids is 3. The lowest BCUT2D eigenvalue weighted by molar-refractivity contribution is -0.00126. The zero-order valence-electron chi connectivity index (χ0n) is 22.8. The maximum atomic E-state index is 12.7. The summed E-state index contributed by atoms with van der Waals surface area (Å²) in [6.07, 6.45) is 2.31. The number of hydrogen-bond donors (Lipinski definition) is 1. The number of rotatable bonds is 6. The summed E-state index contributed by atoms with van der Waals surface area (Å²) in [5.41, 5.74) is 2.87. The molecule has 10 nitrogen and oxygen atoms in total. The maximum Gasteiger partial charge on any atom is 0.410 e. The number of nitrogens with zero attached hydrogens (tertiary/aromatic N) is 4. The molecule has 3 aliphatic heterocycles. The first-order chi connectivity index (χ1) is 19.4. The summed E-state index contributed by atoms with van der Waals surface area (Å²) < 4.78 is 10.7. The van der Waals surface area contributed by atoms with Crippen LogP contribution in [0.1, 0.15) is 52.7 Å². The molecule has 40 heavy (non-hydrogen) atoms. The van der Waals surface area contributed by atoms with Crippen LogP contribution in [0.15, 0.2) is 48.5 Å². The maximum absolute atomic E-state index is 12.7. The summed E-state index contributed by atoms with van der Waals surface area (Å²) in [4.78, 5) is 42.9. The smallest absolute Gasteiger partial charge is 0.410 e. The predicted octanol–water partition coefficient (Wildman–Crippen LogP) is 3.51. The van der Waals surface area contributed by atoms with Crippen molar-refractivity contribution >= 4 is 18.1 Å². The number of methoxy groups -OCH3 is 1. The van der Waals surface area contributed by atoms with Gasteiger partial charge >= 0.3 is 12.2 Å². The van der Waals surface area contributed by atoms with Crippen LogP contribution in [0, 0.1) is 11.3 Å². The van der Waals surface area contributed by atoms with E-state index in [1.54, 1.807) is 21.9 Å². The number of amides is 3. The monoisotopic (exact) mass is 545 g/mol. The van der Waals surface area contributed by atoms with E-state index in [9.17, 15) is 14.4 Å². The van der Waals surface area contributed by atoms with Crippen LogP contribution >= 0.6 is 0 Å². The Morgan fingerprint density at radius 2 is 1.62 bits per heavy atom. The van der Waals surface area contributed by atoms with Crippen molar-refractivity contribution in [2.45, 2.75) is 50.4 Å². The predicted molar refractivity (Wildman–Crippen MR) is 146 cm³/mol. The van der Waals surface area contributed by atoms with Gasteiger partial charge in [0.1, 0.15) is 5.60 Å². The van der Waals surface area contributed by atoms with Crippen molar-refractivity contribution < 1.29 is 23.9 Å². The lowest BCUT2D eigenvalue weighted by Gasteiger charge is -2.37. The number of piperidine rings is 2. The normalized spacial score (nSPS) is 19.2. The van der Waals surface area contributed by atoms with Crippen LogP contribution in [-0.2, 0) is 22.6 Å². The molecule has 10 heteroatoms. The van der Waals surface area contributed by atoms with Crippen molar-refractivity contribution in [1.29, 1.82) is 5.26 Å². The molecule has 0 bridgehead atoms. The van der Waals surface area contributed by atoms with E-state index in [-0.39, 0.29) is 24.1 Å². The molecule has 0 aromatic heterocycles. The second-order valence-corrected chi connectivity index (χ2v) is 10.9. The third kappa shape index (κ3) is 6.37. The van der Waals surface area contributed by atoms with Gasteiger partial charge in [-0.15, -0.1) is 0 Å². The Kier molecular flexibility index (Phi) is 8.21. The van der Waals surface area contributed by atoms with Crippen LogP contribution in [-0.4, -0.2) is 84.3 Å². The van der Waals surface area contributed by atoms with E-state index < -0.39 is 5.60 Å². The van der Waals surface area contributed by atoms with Gasteiger partial charge in [-0.2, -0.15) is 5.26 Å². The first kappa shape index (κ1) is 27.5. The second-order valence-electron chi connectivity index (χ2n) is 10.9. The molecular weight excluding hydrogens is 510 g/mol. The summed E-state index contributed by atoms with van der Waals surface area (Å²) >= 11 is 0. The van der Waals surface area contributed by atoms with Crippen molar-refractivity contribution in [3.8, 4) is 6.07 Å². The van der Waals surface area contributed by atoms with E-state index in [0.29, 0.717) is 50.1 Å². The molecule has 3 heterocycles. The Bertz CT molecular complexity index is 1260. The van der Waals surface area contributed by atoms with Gasteiger partial charge in [-0.25, -0.2) is 9.59 Å². The van der Waals surface area contributed by atoms with Crippen molar-refractivity contribution in [2.75, 3.05) is 39.8 Å². The Morgan fingerprint density at radius 3 is 2.25 bits per heavy atom. The lowest BCUT2D eigenvalue weighted by Crippen LogP contribution is -2.46. The standard InChI is InChI=1S/C30H35N5O5/c1-39-28(37)34-14-10-26(11-15-34)32-27(36)25-8-6-24(7-9-25)20-35-21-30(40-29(35)38)12-16-33(17-13-30)19-23-4-2-22(18-31)3-5-23/h2-9,26H,10-17,19-21H2,1H3,(H,32,36). The zero-order valence-corrected chi connectivity index (χ0v) is 22.8. The number of ether oxygens (including phenoxy) is 2. The van der Waals surface area contributed by atoms with Crippen LogP contribution in [0.25, 0.3) is 0 Å². The van der Waals surface area contributed by atoms with Crippen molar-refractivity contribution in [3.05, 3.63) is 70.8 Å². The number of hydrogen-bond acceptors (Lipinski definition) is 7. The highest BCUT2D eigenvalue weighted by atomic mass is 16.6. The summed E-state index contributed by atoms with van der Waals surface area (Å²) in [7, 11) is 1.37. The summed E-state index contributed by atoms with van der Waals surface area (Å²) in [5, 5.41) is 12.0. The molecule has 0 radical (unpaired) electrons. The lowest BCUT2D eigenvalue weighted by atomic mass is 9.91. The number of likely N-dealkylation sites (tertiary alicyclic amines) is 2. The summed E-state index contributed by atoms with van der Waals surface area (Å²) in [5.74, 6) is -0.143. The fourth-order valence-electron chi connectivity index (χ4n) is 5.72. The van der Waals surface area contributed by atoms with E-state index in [2.05, 4.69) is 16.3 Å². The molecule has 0 saturated carbocycles. The van der Waals surface area contributed by atoms with E-state index >= 15 is 0 Å². The minimum atomic E-state index is -0.457. The molecule has 2 aromatic rings.